The van der Waals surface area contributed by atoms with Crippen molar-refractivity contribution in [1.29, 1.82) is 0 Å². The molecular formula is C12H29PSe. The van der Waals surface area contributed by atoms with E-state index in [4.69, 9.17) is 0 Å². The standard InChI is InChI=1S/C12H29PSe/c1-4-7-10-14(13,11-8-5-2)12-9-6-3/h4-13H2,1-3H3. The third kappa shape index (κ3) is 7.27. The second-order valence-electron chi connectivity index (χ2n) is 4.29. The Bertz CT molecular complexity index is 104. The van der Waals surface area contributed by atoms with Crippen molar-refractivity contribution in [1.82, 2.24) is 0 Å². The molecular weight excluding hydrogens is 254 g/mol. The maximum absolute atomic E-state index is 3.32. The van der Waals surface area contributed by atoms with Gasteiger partial charge in [0, 0.05) is 0 Å². The summed E-state index contributed by atoms with van der Waals surface area (Å²) in [5.74, 6) is 0. The van der Waals surface area contributed by atoms with E-state index in [0.717, 1.165) is 0 Å². The molecule has 0 heterocycles. The first-order valence-electron chi connectivity index (χ1n) is 6.22. The van der Waals surface area contributed by atoms with Crippen LogP contribution in [0.3, 0.4) is 0 Å². The Kier molecular flexibility index (Phi) is 9.82. The van der Waals surface area contributed by atoms with Crippen LogP contribution in [0.4, 0.5) is 0 Å². The van der Waals surface area contributed by atoms with Gasteiger partial charge in [0.25, 0.3) is 0 Å². The predicted octanol–water partition coefficient (Wildman–Crippen LogP) is 5.21. The molecule has 0 aromatic carbocycles. The zero-order valence-electron chi connectivity index (χ0n) is 10.3. The third-order valence-corrected chi connectivity index (χ3v) is 13.3. The van der Waals surface area contributed by atoms with E-state index in [9.17, 15) is 0 Å². The minimum absolute atomic E-state index is 1.08. The van der Waals surface area contributed by atoms with Crippen molar-refractivity contribution in [2.45, 2.75) is 75.3 Å². The Balaban J connectivity index is 3.89. The molecule has 0 rings (SSSR count). The van der Waals surface area contributed by atoms with Crippen LogP contribution in [0.15, 0.2) is 0 Å². The SMILES string of the molecule is CCCC[Se](P)(CCCC)CCCC. The fraction of sp³-hybridized carbons (Fsp3) is 1.00. The van der Waals surface area contributed by atoms with E-state index in [2.05, 4.69) is 28.7 Å². The van der Waals surface area contributed by atoms with Crippen LogP contribution in [0.2, 0.25) is 16.0 Å². The summed E-state index contributed by atoms with van der Waals surface area (Å²) in [5, 5.41) is 4.70. The van der Waals surface area contributed by atoms with Gasteiger partial charge >= 0.3 is 95.6 Å². The normalized spacial score (nSPS) is 13.1. The first-order valence-corrected chi connectivity index (χ1v) is 13.3. The molecule has 0 aliphatic heterocycles. The third-order valence-electron chi connectivity index (χ3n) is 2.71. The van der Waals surface area contributed by atoms with Gasteiger partial charge in [-0.05, 0) is 0 Å². The molecule has 0 aromatic rings. The quantitative estimate of drug-likeness (QED) is 0.402. The number of hydrogen-bond donors (Lipinski definition) is 0. The van der Waals surface area contributed by atoms with Crippen LogP contribution in [-0.2, 0) is 0 Å². The fourth-order valence-electron chi connectivity index (χ4n) is 1.60. The monoisotopic (exact) mass is 284 g/mol. The predicted molar refractivity (Wildman–Crippen MR) is 74.6 cm³/mol. The van der Waals surface area contributed by atoms with E-state index in [1.807, 2.05) is 0 Å². The molecule has 0 bridgehead atoms. The van der Waals surface area contributed by atoms with Crippen LogP contribution in [0.25, 0.3) is 0 Å². The van der Waals surface area contributed by atoms with E-state index in [-0.39, 0.29) is 0 Å². The molecule has 0 saturated heterocycles. The van der Waals surface area contributed by atoms with Crippen molar-refractivity contribution < 1.29 is 0 Å². The second-order valence-corrected chi connectivity index (χ2v) is 16.7. The van der Waals surface area contributed by atoms with E-state index in [0.29, 0.717) is 0 Å². The van der Waals surface area contributed by atoms with E-state index < -0.39 is 12.4 Å². The molecule has 0 saturated carbocycles. The number of rotatable bonds is 9. The summed E-state index contributed by atoms with van der Waals surface area (Å²) in [6, 6.07) is 0. The zero-order valence-corrected chi connectivity index (χ0v) is 13.2. The Hall–Kier alpha value is 0.949. The summed E-state index contributed by atoms with van der Waals surface area (Å²) in [6.45, 7) is 6.96. The van der Waals surface area contributed by atoms with Crippen LogP contribution in [-0.4, -0.2) is 12.4 Å². The van der Waals surface area contributed by atoms with Crippen LogP contribution >= 0.6 is 7.93 Å². The topological polar surface area (TPSA) is 0 Å². The molecule has 0 radical (unpaired) electrons. The van der Waals surface area contributed by atoms with Crippen molar-refractivity contribution in [3.05, 3.63) is 0 Å². The van der Waals surface area contributed by atoms with E-state index in [1.54, 1.807) is 16.0 Å². The van der Waals surface area contributed by atoms with Gasteiger partial charge in [0.15, 0.2) is 0 Å². The van der Waals surface area contributed by atoms with Crippen molar-refractivity contribution >= 4 is 20.3 Å². The van der Waals surface area contributed by atoms with E-state index >= 15 is 0 Å². The summed E-state index contributed by atoms with van der Waals surface area (Å²) in [6.07, 6.45) is 8.55. The number of hydrogen-bond acceptors (Lipinski definition) is 0. The van der Waals surface area contributed by atoms with Crippen molar-refractivity contribution in [3.63, 3.8) is 0 Å². The molecule has 0 nitrogen and oxygen atoms in total. The molecule has 0 N–H and O–H groups in total. The van der Waals surface area contributed by atoms with Gasteiger partial charge in [-0.3, -0.25) is 0 Å². The Labute approximate surface area is 95.7 Å². The molecule has 1 unspecified atom stereocenters. The van der Waals surface area contributed by atoms with Crippen LogP contribution in [0, 0.1) is 0 Å². The molecule has 14 heavy (non-hydrogen) atoms. The van der Waals surface area contributed by atoms with Crippen molar-refractivity contribution in [3.8, 4) is 0 Å². The van der Waals surface area contributed by atoms with Gasteiger partial charge in [0.05, 0.1) is 0 Å². The molecule has 1 atom stereocenters. The van der Waals surface area contributed by atoms with E-state index in [1.165, 1.54) is 38.5 Å². The average molecular weight is 283 g/mol. The van der Waals surface area contributed by atoms with Crippen LogP contribution < -0.4 is 0 Å². The molecule has 0 amide bonds. The van der Waals surface area contributed by atoms with Gasteiger partial charge in [-0.15, -0.1) is 0 Å². The van der Waals surface area contributed by atoms with Gasteiger partial charge in [-0.2, -0.15) is 0 Å². The Morgan fingerprint density at radius 2 is 1.00 bits per heavy atom. The second kappa shape index (κ2) is 9.20. The molecule has 2 heteroatoms. The summed E-state index contributed by atoms with van der Waals surface area (Å²) in [4.78, 5) is 0. The zero-order chi connectivity index (χ0) is 10.9. The average Bonchev–Trinajstić information content (AvgIpc) is 2.21. The van der Waals surface area contributed by atoms with Gasteiger partial charge < -0.3 is 0 Å². The van der Waals surface area contributed by atoms with Crippen LogP contribution in [0.1, 0.15) is 59.3 Å². The number of unbranched alkanes of at least 4 members (excludes halogenated alkanes) is 3. The molecule has 0 fully saturated rings. The van der Waals surface area contributed by atoms with Crippen molar-refractivity contribution in [2.24, 2.45) is 0 Å². The Morgan fingerprint density at radius 3 is 1.21 bits per heavy atom. The molecule has 0 aromatic heterocycles. The van der Waals surface area contributed by atoms with Gasteiger partial charge in [0.1, 0.15) is 0 Å². The first kappa shape index (κ1) is 14.9. The summed E-state index contributed by atoms with van der Waals surface area (Å²) >= 11 is -1.08. The van der Waals surface area contributed by atoms with Gasteiger partial charge in [-0.1, -0.05) is 0 Å². The van der Waals surface area contributed by atoms with Gasteiger partial charge in [-0.25, -0.2) is 0 Å². The fourth-order valence-corrected chi connectivity index (χ4v) is 10.9. The summed E-state index contributed by atoms with van der Waals surface area (Å²) < 4.78 is 0. The summed E-state index contributed by atoms with van der Waals surface area (Å²) in [5.41, 5.74) is 0. The Morgan fingerprint density at radius 1 is 0.714 bits per heavy atom. The van der Waals surface area contributed by atoms with Crippen LogP contribution in [0.5, 0.6) is 0 Å². The maximum atomic E-state index is 3.32. The molecule has 0 spiro atoms. The molecule has 88 valence electrons. The summed E-state index contributed by atoms with van der Waals surface area (Å²) in [7, 11) is 3.32. The van der Waals surface area contributed by atoms with Gasteiger partial charge in [0.2, 0.25) is 0 Å². The molecule has 0 aliphatic rings. The molecule has 0 aliphatic carbocycles. The minimum atomic E-state index is -1.08. The van der Waals surface area contributed by atoms with Crippen molar-refractivity contribution in [2.75, 3.05) is 0 Å². The first-order chi connectivity index (χ1) is 6.68.